The lowest BCUT2D eigenvalue weighted by atomic mass is 10.0. The van der Waals surface area contributed by atoms with Gasteiger partial charge in [-0.1, -0.05) is 18.2 Å². The number of nitrogens with one attached hydrogen (secondary N) is 1. The van der Waals surface area contributed by atoms with E-state index in [0.717, 1.165) is 24.1 Å². The number of piperidine rings is 1. The van der Waals surface area contributed by atoms with E-state index in [1.54, 1.807) is 27.9 Å². The Labute approximate surface area is 168 Å². The zero-order valence-electron chi connectivity index (χ0n) is 15.9. The average Bonchev–Trinajstić information content (AvgIpc) is 3.45. The molecule has 0 atom stereocenters. The van der Waals surface area contributed by atoms with Gasteiger partial charge in [-0.2, -0.15) is 5.10 Å². The number of para-hydroxylation sites is 1. The minimum atomic E-state index is -0.142. The predicted octanol–water partition coefficient (Wildman–Crippen LogP) is 2.90. The summed E-state index contributed by atoms with van der Waals surface area (Å²) in [6.45, 7) is 1.23. The number of rotatable bonds is 5. The van der Waals surface area contributed by atoms with Crippen molar-refractivity contribution in [1.29, 1.82) is 0 Å². The molecule has 0 saturated carbocycles. The maximum atomic E-state index is 12.3. The molecule has 29 heavy (non-hydrogen) atoms. The third kappa shape index (κ3) is 4.63. The molecule has 0 spiro atoms. The van der Waals surface area contributed by atoms with Crippen molar-refractivity contribution in [2.75, 3.05) is 13.1 Å². The molecule has 1 saturated heterocycles. The number of amides is 2. The van der Waals surface area contributed by atoms with Gasteiger partial charge in [0.05, 0.1) is 23.7 Å². The Morgan fingerprint density at radius 2 is 1.93 bits per heavy atom. The van der Waals surface area contributed by atoms with Crippen LogP contribution in [-0.4, -0.2) is 45.6 Å². The van der Waals surface area contributed by atoms with Gasteiger partial charge >= 0.3 is 0 Å². The topological polar surface area (TPSA) is 80.4 Å². The monoisotopic (exact) mass is 390 g/mol. The van der Waals surface area contributed by atoms with Gasteiger partial charge in [0.25, 0.3) is 5.91 Å². The highest BCUT2D eigenvalue weighted by Gasteiger charge is 2.24. The highest BCUT2D eigenvalue weighted by atomic mass is 16.3. The van der Waals surface area contributed by atoms with Crippen LogP contribution >= 0.6 is 0 Å². The minimum absolute atomic E-state index is 0.0288. The molecular formula is C22H22N4O3. The fourth-order valence-corrected chi connectivity index (χ4v) is 3.36. The molecule has 2 aromatic heterocycles. The zero-order chi connectivity index (χ0) is 20.1. The molecule has 4 rings (SSSR count). The molecule has 1 aromatic carbocycles. The van der Waals surface area contributed by atoms with Crippen LogP contribution in [0.1, 0.15) is 28.8 Å². The average molecular weight is 390 g/mol. The minimum Gasteiger partial charge on any atom is -0.472 e. The molecule has 3 aromatic rings. The van der Waals surface area contributed by atoms with Crippen molar-refractivity contribution < 1.29 is 14.0 Å². The second-order valence-electron chi connectivity index (χ2n) is 6.97. The summed E-state index contributed by atoms with van der Waals surface area (Å²) in [5, 5.41) is 7.33. The predicted molar refractivity (Wildman–Crippen MR) is 108 cm³/mol. The second kappa shape index (κ2) is 8.60. The smallest absolute Gasteiger partial charge is 0.257 e. The number of carbonyl (C=O) groups excluding carboxylic acids is 2. The van der Waals surface area contributed by atoms with Crippen LogP contribution < -0.4 is 5.32 Å². The van der Waals surface area contributed by atoms with Crippen LogP contribution in [0.3, 0.4) is 0 Å². The van der Waals surface area contributed by atoms with E-state index in [1.807, 2.05) is 36.5 Å². The van der Waals surface area contributed by atoms with Gasteiger partial charge in [0.1, 0.15) is 6.26 Å². The van der Waals surface area contributed by atoms with Crippen molar-refractivity contribution in [3.05, 3.63) is 78.5 Å². The molecule has 7 nitrogen and oxygen atoms in total. The largest absolute Gasteiger partial charge is 0.472 e. The summed E-state index contributed by atoms with van der Waals surface area (Å²) in [6, 6.07) is 11.5. The number of likely N-dealkylation sites (tertiary alicyclic amines) is 1. The van der Waals surface area contributed by atoms with Gasteiger partial charge in [0.2, 0.25) is 5.91 Å². The number of furan rings is 1. The summed E-state index contributed by atoms with van der Waals surface area (Å²) in [4.78, 5) is 26.4. The number of aromatic nitrogens is 2. The molecule has 0 unspecified atom stereocenters. The molecule has 0 bridgehead atoms. The van der Waals surface area contributed by atoms with Crippen LogP contribution in [0.25, 0.3) is 11.8 Å². The molecule has 1 aliphatic rings. The molecule has 1 fully saturated rings. The van der Waals surface area contributed by atoms with E-state index < -0.39 is 0 Å². The van der Waals surface area contributed by atoms with E-state index in [0.29, 0.717) is 18.7 Å². The first-order chi connectivity index (χ1) is 14.2. The standard InChI is InChI=1S/C22H22N4O3/c27-21(7-6-17-14-23-26(15-17)20-4-2-1-3-5-20)24-19-8-11-25(12-9-19)22(28)18-10-13-29-16-18/h1-7,10,13-16,19H,8-9,11-12H2,(H,24,27)/b7-6+. The second-order valence-corrected chi connectivity index (χ2v) is 6.97. The van der Waals surface area contributed by atoms with E-state index in [9.17, 15) is 9.59 Å². The molecule has 1 aliphatic heterocycles. The third-order valence-corrected chi connectivity index (χ3v) is 4.95. The number of hydrogen-bond donors (Lipinski definition) is 1. The van der Waals surface area contributed by atoms with Crippen molar-refractivity contribution in [3.8, 4) is 5.69 Å². The Hall–Kier alpha value is -3.61. The summed E-state index contributed by atoms with van der Waals surface area (Å²) in [5.41, 5.74) is 2.38. The van der Waals surface area contributed by atoms with Crippen molar-refractivity contribution in [3.63, 3.8) is 0 Å². The first kappa shape index (κ1) is 18.7. The van der Waals surface area contributed by atoms with Crippen molar-refractivity contribution in [1.82, 2.24) is 20.0 Å². The summed E-state index contributed by atoms with van der Waals surface area (Å²) in [6.07, 6.45) is 11.3. The lowest BCUT2D eigenvalue weighted by Gasteiger charge is -2.32. The van der Waals surface area contributed by atoms with Gasteiger partial charge in [-0.3, -0.25) is 9.59 Å². The fraction of sp³-hybridized carbons (Fsp3) is 0.227. The highest BCUT2D eigenvalue weighted by Crippen LogP contribution is 2.15. The van der Waals surface area contributed by atoms with E-state index >= 15 is 0 Å². The van der Waals surface area contributed by atoms with Crippen molar-refractivity contribution in [2.45, 2.75) is 18.9 Å². The Bertz CT molecular complexity index is 984. The number of hydrogen-bond acceptors (Lipinski definition) is 4. The van der Waals surface area contributed by atoms with Crippen LogP contribution in [0, 0.1) is 0 Å². The third-order valence-electron chi connectivity index (χ3n) is 4.95. The Balaban J connectivity index is 1.26. The molecule has 1 N–H and O–H groups in total. The summed E-state index contributed by atoms with van der Waals surface area (Å²) < 4.78 is 6.74. The fourth-order valence-electron chi connectivity index (χ4n) is 3.36. The molecule has 0 radical (unpaired) electrons. The summed E-state index contributed by atoms with van der Waals surface area (Å²) >= 11 is 0. The Morgan fingerprint density at radius 1 is 1.14 bits per heavy atom. The maximum Gasteiger partial charge on any atom is 0.257 e. The maximum absolute atomic E-state index is 12.3. The van der Waals surface area contributed by atoms with Gasteiger partial charge in [-0.05, 0) is 37.1 Å². The van der Waals surface area contributed by atoms with Crippen LogP contribution in [0.15, 0.2) is 71.8 Å². The molecular weight excluding hydrogens is 368 g/mol. The first-order valence-corrected chi connectivity index (χ1v) is 9.59. The number of carbonyl (C=O) groups is 2. The molecule has 148 valence electrons. The normalized spacial score (nSPS) is 15.0. The van der Waals surface area contributed by atoms with E-state index in [4.69, 9.17) is 4.42 Å². The van der Waals surface area contributed by atoms with Crippen LogP contribution in [0.5, 0.6) is 0 Å². The van der Waals surface area contributed by atoms with E-state index in [2.05, 4.69) is 10.4 Å². The highest BCUT2D eigenvalue weighted by molar-refractivity contribution is 5.94. The van der Waals surface area contributed by atoms with E-state index in [1.165, 1.54) is 18.6 Å². The van der Waals surface area contributed by atoms with Crippen molar-refractivity contribution in [2.24, 2.45) is 0 Å². The van der Waals surface area contributed by atoms with Crippen LogP contribution in [-0.2, 0) is 4.79 Å². The lowest BCUT2D eigenvalue weighted by Crippen LogP contribution is -2.46. The van der Waals surface area contributed by atoms with Gasteiger partial charge in [0, 0.05) is 37.0 Å². The van der Waals surface area contributed by atoms with E-state index in [-0.39, 0.29) is 17.9 Å². The zero-order valence-corrected chi connectivity index (χ0v) is 15.9. The quantitative estimate of drug-likeness (QED) is 0.680. The molecule has 2 amide bonds. The molecule has 3 heterocycles. The van der Waals surface area contributed by atoms with Gasteiger partial charge in [-0.15, -0.1) is 0 Å². The van der Waals surface area contributed by atoms with Gasteiger partial charge in [0.15, 0.2) is 0 Å². The number of benzene rings is 1. The lowest BCUT2D eigenvalue weighted by molar-refractivity contribution is -0.117. The van der Waals surface area contributed by atoms with Crippen LogP contribution in [0.2, 0.25) is 0 Å². The first-order valence-electron chi connectivity index (χ1n) is 9.59. The molecule has 0 aliphatic carbocycles. The Kier molecular flexibility index (Phi) is 5.56. The van der Waals surface area contributed by atoms with Crippen LogP contribution in [0.4, 0.5) is 0 Å². The Morgan fingerprint density at radius 3 is 2.66 bits per heavy atom. The summed E-state index contributed by atoms with van der Waals surface area (Å²) in [5.74, 6) is -0.170. The van der Waals surface area contributed by atoms with Gasteiger partial charge in [-0.25, -0.2) is 4.68 Å². The SMILES string of the molecule is O=C(/C=C/c1cnn(-c2ccccc2)c1)NC1CCN(C(=O)c2ccoc2)CC1. The van der Waals surface area contributed by atoms with Gasteiger partial charge < -0.3 is 14.6 Å². The van der Waals surface area contributed by atoms with Crippen molar-refractivity contribution >= 4 is 17.9 Å². The number of nitrogens with zero attached hydrogens (tertiary/aromatic N) is 3. The molecule has 7 heteroatoms. The summed E-state index contributed by atoms with van der Waals surface area (Å²) in [7, 11) is 0.